The van der Waals surface area contributed by atoms with E-state index in [0.717, 1.165) is 17.5 Å². The van der Waals surface area contributed by atoms with Gasteiger partial charge in [-0.15, -0.1) is 0 Å². The second-order valence-electron chi connectivity index (χ2n) is 8.78. The average molecular weight is 469 g/mol. The minimum absolute atomic E-state index is 0.0941. The summed E-state index contributed by atoms with van der Waals surface area (Å²) in [7, 11) is 0. The summed E-state index contributed by atoms with van der Waals surface area (Å²) in [6.45, 7) is 0.591. The Morgan fingerprint density at radius 2 is 2.06 bits per heavy atom. The Morgan fingerprint density at radius 1 is 1.21 bits per heavy atom. The number of ether oxygens (including phenoxy) is 2. The van der Waals surface area contributed by atoms with Gasteiger partial charge < -0.3 is 34.3 Å². The zero-order valence-electron chi connectivity index (χ0n) is 18.6. The van der Waals surface area contributed by atoms with Gasteiger partial charge in [-0.3, -0.25) is 9.59 Å². The van der Waals surface area contributed by atoms with Gasteiger partial charge >= 0.3 is 0 Å². The number of benzene rings is 1. The number of para-hydroxylation sites is 1. The van der Waals surface area contributed by atoms with Gasteiger partial charge in [0.05, 0.1) is 31.1 Å². The molecule has 0 spiro atoms. The lowest BCUT2D eigenvalue weighted by Gasteiger charge is -2.41. The van der Waals surface area contributed by atoms with Gasteiger partial charge in [-0.1, -0.05) is 18.2 Å². The summed E-state index contributed by atoms with van der Waals surface area (Å²) in [4.78, 5) is 28.2. The van der Waals surface area contributed by atoms with E-state index in [0.29, 0.717) is 24.4 Å². The van der Waals surface area contributed by atoms with Gasteiger partial charge in [-0.25, -0.2) is 0 Å². The van der Waals surface area contributed by atoms with Gasteiger partial charge in [0.25, 0.3) is 5.91 Å². The number of nitrogens with zero attached hydrogens (tertiary/aromatic N) is 1. The third-order valence-corrected chi connectivity index (χ3v) is 6.66. The highest BCUT2D eigenvalue weighted by atomic mass is 16.5. The summed E-state index contributed by atoms with van der Waals surface area (Å²) in [5.41, 5.74) is 1.97. The Kier molecular flexibility index (Phi) is 6.40. The number of carbonyl (C=O) groups is 2. The van der Waals surface area contributed by atoms with Crippen molar-refractivity contribution in [1.29, 1.82) is 0 Å². The molecule has 2 aliphatic heterocycles. The first-order chi connectivity index (χ1) is 16.6. The molecule has 9 nitrogen and oxygen atoms in total. The van der Waals surface area contributed by atoms with Crippen LogP contribution in [0, 0.1) is 0 Å². The zero-order chi connectivity index (χ0) is 23.7. The van der Waals surface area contributed by atoms with Crippen molar-refractivity contribution in [3.8, 4) is 5.75 Å². The van der Waals surface area contributed by atoms with Gasteiger partial charge in [0.2, 0.25) is 5.91 Å². The van der Waals surface area contributed by atoms with Gasteiger partial charge in [-0.2, -0.15) is 0 Å². The first kappa shape index (κ1) is 22.6. The summed E-state index contributed by atoms with van der Waals surface area (Å²) in [5.74, 6) is -0.503. The number of aliphatic hydroxyl groups excluding tert-OH is 2. The lowest BCUT2D eigenvalue weighted by atomic mass is 9.77. The molecule has 3 N–H and O–H groups in total. The van der Waals surface area contributed by atoms with E-state index in [4.69, 9.17) is 13.9 Å². The number of fused-ring (bicyclic) bond motifs is 3. The van der Waals surface area contributed by atoms with Crippen LogP contribution in [0.4, 0.5) is 0 Å². The largest absolute Gasteiger partial charge is 0.486 e. The molecule has 0 saturated carbocycles. The van der Waals surface area contributed by atoms with Crippen LogP contribution in [0.25, 0.3) is 0 Å². The number of furan rings is 1. The van der Waals surface area contributed by atoms with Gasteiger partial charge in [0.1, 0.15) is 24.1 Å². The molecule has 1 saturated heterocycles. The number of carbonyl (C=O) groups excluding carboxylic acids is 2. The lowest BCUT2D eigenvalue weighted by molar-refractivity contribution is -0.147. The molecule has 1 aromatic carbocycles. The Morgan fingerprint density at radius 3 is 2.79 bits per heavy atom. The summed E-state index contributed by atoms with van der Waals surface area (Å²) in [6, 6.07) is 8.31. The van der Waals surface area contributed by atoms with Crippen molar-refractivity contribution in [3.05, 3.63) is 65.6 Å². The second kappa shape index (κ2) is 9.61. The molecule has 1 aromatic heterocycles. The maximum absolute atomic E-state index is 13.5. The van der Waals surface area contributed by atoms with Crippen molar-refractivity contribution in [3.63, 3.8) is 0 Å². The van der Waals surface area contributed by atoms with Crippen molar-refractivity contribution in [1.82, 2.24) is 10.2 Å². The maximum atomic E-state index is 13.5. The molecule has 2 aromatic rings. The molecule has 1 fully saturated rings. The normalized spacial score (nSPS) is 27.4. The Balaban J connectivity index is 1.54. The third kappa shape index (κ3) is 4.11. The molecule has 0 radical (unpaired) electrons. The number of aliphatic hydroxyl groups is 2. The van der Waals surface area contributed by atoms with Crippen LogP contribution < -0.4 is 10.1 Å². The Hall–Kier alpha value is -3.14. The second-order valence-corrected chi connectivity index (χ2v) is 8.78. The summed E-state index contributed by atoms with van der Waals surface area (Å²) in [6.07, 6.45) is 3.71. The van der Waals surface area contributed by atoms with Crippen LogP contribution >= 0.6 is 0 Å². The summed E-state index contributed by atoms with van der Waals surface area (Å²) < 4.78 is 17.0. The predicted octanol–water partition coefficient (Wildman–Crippen LogP) is 1.11. The first-order valence-electron chi connectivity index (χ1n) is 11.6. The number of rotatable bonds is 7. The van der Waals surface area contributed by atoms with Crippen molar-refractivity contribution in [2.75, 3.05) is 19.8 Å². The molecule has 5 atom stereocenters. The number of hydrogen-bond donors (Lipinski definition) is 3. The molecule has 5 unspecified atom stereocenters. The van der Waals surface area contributed by atoms with E-state index in [1.165, 1.54) is 6.26 Å². The highest BCUT2D eigenvalue weighted by Gasteiger charge is 2.51. The summed E-state index contributed by atoms with van der Waals surface area (Å²) in [5, 5.41) is 23.4. The molecule has 5 rings (SSSR count). The van der Waals surface area contributed by atoms with Crippen molar-refractivity contribution >= 4 is 11.8 Å². The lowest BCUT2D eigenvalue weighted by Crippen LogP contribution is -2.57. The van der Waals surface area contributed by atoms with Crippen LogP contribution in [0.1, 0.15) is 29.9 Å². The van der Waals surface area contributed by atoms with Gasteiger partial charge in [0, 0.05) is 36.4 Å². The van der Waals surface area contributed by atoms with Gasteiger partial charge in [-0.05, 0) is 31.1 Å². The fourth-order valence-corrected chi connectivity index (χ4v) is 5.06. The molecule has 34 heavy (non-hydrogen) atoms. The van der Waals surface area contributed by atoms with Gasteiger partial charge in [0.15, 0.2) is 0 Å². The van der Waals surface area contributed by atoms with E-state index in [1.54, 1.807) is 29.4 Å². The number of nitrogens with one attached hydrogen (secondary N) is 1. The van der Waals surface area contributed by atoms with Crippen molar-refractivity contribution in [2.24, 2.45) is 0 Å². The van der Waals surface area contributed by atoms with Crippen LogP contribution in [0.2, 0.25) is 0 Å². The summed E-state index contributed by atoms with van der Waals surface area (Å²) >= 11 is 0. The minimum atomic E-state index is -1.08. The predicted molar refractivity (Wildman–Crippen MR) is 120 cm³/mol. The van der Waals surface area contributed by atoms with Crippen LogP contribution in [-0.2, 0) is 20.9 Å². The molecule has 180 valence electrons. The molecule has 1 aliphatic carbocycles. The zero-order valence-corrected chi connectivity index (χ0v) is 18.6. The van der Waals surface area contributed by atoms with Crippen molar-refractivity contribution < 1.29 is 33.7 Å². The van der Waals surface area contributed by atoms with E-state index >= 15 is 0 Å². The molecule has 3 aliphatic rings. The Labute approximate surface area is 196 Å². The minimum Gasteiger partial charge on any atom is -0.486 e. The highest BCUT2D eigenvalue weighted by molar-refractivity contribution is 5.96. The average Bonchev–Trinajstić information content (AvgIpc) is 3.62. The Bertz CT molecular complexity index is 1060. The maximum Gasteiger partial charge on any atom is 0.252 e. The number of hydrogen-bond acceptors (Lipinski definition) is 7. The molecule has 0 bridgehead atoms. The molecular weight excluding hydrogens is 440 g/mol. The fraction of sp³-hybridized carbons (Fsp3) is 0.440. The highest BCUT2D eigenvalue weighted by Crippen LogP contribution is 2.47. The third-order valence-electron chi connectivity index (χ3n) is 6.66. The van der Waals surface area contributed by atoms with Crippen LogP contribution in [-0.4, -0.2) is 71.0 Å². The van der Waals surface area contributed by atoms with Crippen molar-refractivity contribution in [2.45, 2.75) is 49.7 Å². The van der Waals surface area contributed by atoms with Crippen LogP contribution in [0.3, 0.4) is 0 Å². The van der Waals surface area contributed by atoms with E-state index in [-0.39, 0.29) is 31.5 Å². The van der Waals surface area contributed by atoms with E-state index in [9.17, 15) is 19.8 Å². The SMILES string of the molecule is O=C(NCCO)C1=CC(N(Cc2ccoc2)C(=O)C2CCCO2)C(O)C2Oc3ccccc3C12. The van der Waals surface area contributed by atoms with E-state index in [1.807, 2.05) is 18.2 Å². The first-order valence-corrected chi connectivity index (χ1v) is 11.6. The van der Waals surface area contributed by atoms with Crippen LogP contribution in [0.15, 0.2) is 58.9 Å². The topological polar surface area (TPSA) is 121 Å². The molecule has 3 heterocycles. The monoisotopic (exact) mass is 468 g/mol. The smallest absolute Gasteiger partial charge is 0.252 e. The van der Waals surface area contributed by atoms with E-state index < -0.39 is 30.3 Å². The number of amides is 2. The fourth-order valence-electron chi connectivity index (χ4n) is 5.06. The molecule has 2 amide bonds. The molecular formula is C25H28N2O7. The molecule has 9 heteroatoms. The standard InChI is InChI=1S/C25H28N2O7/c28-9-8-26-24(30)17-12-18(22(29)23-21(17)16-4-1-2-5-19(16)34-23)27(13-15-7-11-32-14-15)25(31)20-6-3-10-33-20/h1-2,4-5,7,11-12,14,18,20-23,28-29H,3,6,8-10,13H2,(H,26,30). The quantitative estimate of drug-likeness (QED) is 0.557. The van der Waals surface area contributed by atoms with E-state index in [2.05, 4.69) is 5.32 Å². The van der Waals surface area contributed by atoms with Crippen LogP contribution in [0.5, 0.6) is 5.75 Å².